The van der Waals surface area contributed by atoms with Crippen molar-refractivity contribution in [1.82, 2.24) is 15.0 Å². The molecule has 5 N–H and O–H groups in total. The number of nitriles is 1. The molecule has 64 valence electrons. The molecule has 0 aliphatic carbocycles. The molecule has 0 saturated heterocycles. The Morgan fingerprint density at radius 3 is 2.08 bits per heavy atom. The van der Waals surface area contributed by atoms with Gasteiger partial charge in [-0.05, 0) is 0 Å². The van der Waals surface area contributed by atoms with E-state index in [0.717, 1.165) is 0 Å². The molecule has 0 spiro atoms. The highest BCUT2D eigenvalue weighted by atomic mass is 79.9. The summed E-state index contributed by atoms with van der Waals surface area (Å²) >= 11 is 0. The first-order valence-electron chi connectivity index (χ1n) is 2.64. The summed E-state index contributed by atoms with van der Waals surface area (Å²) < 4.78 is 0. The van der Waals surface area contributed by atoms with E-state index in [-0.39, 0.29) is 34.8 Å². The molecule has 1 heterocycles. The number of hydrogen-bond acceptors (Lipinski definition) is 7. The largest absolute Gasteiger partial charge is 0.368 e. The number of nitrogens with zero attached hydrogens (tertiary/aromatic N) is 4. The van der Waals surface area contributed by atoms with Crippen molar-refractivity contribution < 1.29 is 0 Å². The molecule has 0 bridgehead atoms. The first-order valence-corrected chi connectivity index (χ1v) is 2.64. The summed E-state index contributed by atoms with van der Waals surface area (Å²) in [7, 11) is 0. The zero-order valence-electron chi connectivity index (χ0n) is 5.85. The van der Waals surface area contributed by atoms with Crippen LogP contribution in [0.5, 0.6) is 0 Å². The first kappa shape index (κ1) is 10.4. The highest BCUT2D eigenvalue weighted by Crippen LogP contribution is 2.01. The lowest BCUT2D eigenvalue weighted by molar-refractivity contribution is 1.08. The summed E-state index contributed by atoms with van der Waals surface area (Å²) in [4.78, 5) is 10.6. The Morgan fingerprint density at radius 1 is 1.17 bits per heavy atom. The predicted molar refractivity (Wildman–Crippen MR) is 48.2 cm³/mol. The molecule has 0 saturated carbocycles. The van der Waals surface area contributed by atoms with Crippen LogP contribution in [0.4, 0.5) is 17.8 Å². The summed E-state index contributed by atoms with van der Waals surface area (Å²) in [6.45, 7) is 0. The predicted octanol–water partition coefficient (Wildman–Crippen LogP) is -0.493. The first-order chi connectivity index (χ1) is 5.22. The van der Waals surface area contributed by atoms with Crippen LogP contribution < -0.4 is 16.8 Å². The summed E-state index contributed by atoms with van der Waals surface area (Å²) in [5, 5.41) is 10.3. The summed E-state index contributed by atoms with van der Waals surface area (Å²) in [5.74, 6) is 0.0167. The van der Waals surface area contributed by atoms with Gasteiger partial charge < -0.3 is 11.5 Å². The van der Waals surface area contributed by atoms with Crippen LogP contribution in [0.25, 0.3) is 0 Å². The Labute approximate surface area is 78.6 Å². The van der Waals surface area contributed by atoms with Crippen LogP contribution in [0.15, 0.2) is 0 Å². The summed E-state index contributed by atoms with van der Waals surface area (Å²) in [6, 6.07) is 0. The Hall–Kier alpha value is -1.62. The monoisotopic (exact) mass is 231 g/mol. The molecule has 12 heavy (non-hydrogen) atoms. The lowest BCUT2D eigenvalue weighted by atomic mass is 10.8. The van der Waals surface area contributed by atoms with Gasteiger partial charge in [0.1, 0.15) is 0 Å². The van der Waals surface area contributed by atoms with Crippen LogP contribution in [-0.2, 0) is 0 Å². The van der Waals surface area contributed by atoms with Gasteiger partial charge in [-0.15, -0.1) is 17.0 Å². The van der Waals surface area contributed by atoms with Gasteiger partial charge >= 0.3 is 0 Å². The second kappa shape index (κ2) is 4.30. The lowest BCUT2D eigenvalue weighted by Gasteiger charge is -1.96. The Kier molecular flexibility index (Phi) is 3.72. The van der Waals surface area contributed by atoms with Crippen molar-refractivity contribution in [2.45, 2.75) is 0 Å². The second-order valence-electron chi connectivity index (χ2n) is 1.61. The fraction of sp³-hybridized carbons (Fsp3) is 0. The smallest absolute Gasteiger partial charge is 0.242 e. The maximum Gasteiger partial charge on any atom is 0.242 e. The van der Waals surface area contributed by atoms with Crippen LogP contribution in [0.2, 0.25) is 0 Å². The number of hydrogen-bond donors (Lipinski definition) is 3. The third-order valence-corrected chi connectivity index (χ3v) is 0.838. The number of aromatic nitrogens is 3. The van der Waals surface area contributed by atoms with Crippen molar-refractivity contribution in [3.8, 4) is 6.19 Å². The molecule has 0 aromatic carbocycles. The van der Waals surface area contributed by atoms with Crippen molar-refractivity contribution in [3.05, 3.63) is 0 Å². The molecular formula is C4H6BrN7. The Balaban J connectivity index is 0.00000121. The lowest BCUT2D eigenvalue weighted by Crippen LogP contribution is -2.05. The van der Waals surface area contributed by atoms with Crippen molar-refractivity contribution in [3.63, 3.8) is 0 Å². The van der Waals surface area contributed by atoms with Gasteiger partial charge in [-0.25, -0.2) is 0 Å². The SMILES string of the molecule is Br.N#CNc1nc(N)nc(N)n1. The van der Waals surface area contributed by atoms with E-state index in [1.54, 1.807) is 6.19 Å². The molecule has 0 unspecified atom stereocenters. The molecule has 7 nitrogen and oxygen atoms in total. The van der Waals surface area contributed by atoms with Gasteiger partial charge in [0.25, 0.3) is 0 Å². The molecule has 0 fully saturated rings. The van der Waals surface area contributed by atoms with Crippen LogP contribution in [-0.4, -0.2) is 15.0 Å². The zero-order chi connectivity index (χ0) is 8.27. The van der Waals surface area contributed by atoms with E-state index in [1.807, 2.05) is 0 Å². The van der Waals surface area contributed by atoms with E-state index in [1.165, 1.54) is 0 Å². The normalized spacial score (nSPS) is 7.92. The summed E-state index contributed by atoms with van der Waals surface area (Å²) in [5.41, 5.74) is 10.4. The van der Waals surface area contributed by atoms with Gasteiger partial charge in [-0.2, -0.15) is 20.2 Å². The minimum Gasteiger partial charge on any atom is -0.368 e. The standard InChI is InChI=1S/C4H5N7.BrH/c5-1-8-4-10-2(6)9-3(7)11-4;/h(H5,6,7,8,9,10,11);1H. The minimum atomic E-state index is -0.0183. The van der Waals surface area contributed by atoms with E-state index < -0.39 is 0 Å². The van der Waals surface area contributed by atoms with Gasteiger partial charge in [-0.1, -0.05) is 0 Å². The Bertz CT molecular complexity index is 285. The van der Waals surface area contributed by atoms with Crippen LogP contribution in [0.3, 0.4) is 0 Å². The van der Waals surface area contributed by atoms with Gasteiger partial charge in [0.05, 0.1) is 0 Å². The van der Waals surface area contributed by atoms with E-state index in [4.69, 9.17) is 16.7 Å². The third-order valence-electron chi connectivity index (χ3n) is 0.838. The van der Waals surface area contributed by atoms with Crippen molar-refractivity contribution in [2.24, 2.45) is 0 Å². The van der Waals surface area contributed by atoms with Crippen molar-refractivity contribution in [2.75, 3.05) is 16.8 Å². The fourth-order valence-corrected chi connectivity index (χ4v) is 0.515. The average molecular weight is 232 g/mol. The number of nitrogens with one attached hydrogen (secondary N) is 1. The number of rotatable bonds is 1. The molecule has 8 heteroatoms. The van der Waals surface area contributed by atoms with E-state index in [0.29, 0.717) is 0 Å². The van der Waals surface area contributed by atoms with E-state index in [2.05, 4.69) is 20.3 Å². The maximum absolute atomic E-state index is 8.16. The third kappa shape index (κ3) is 2.55. The topological polar surface area (TPSA) is 127 Å². The van der Waals surface area contributed by atoms with Gasteiger partial charge in [0, 0.05) is 0 Å². The molecule has 1 aromatic rings. The molecule has 0 aliphatic rings. The number of anilines is 3. The molecule has 0 aliphatic heterocycles. The number of nitrogen functional groups attached to an aromatic ring is 2. The average Bonchev–Trinajstić information content (AvgIpc) is 1.85. The molecule has 0 amide bonds. The highest BCUT2D eigenvalue weighted by Gasteiger charge is 1.98. The molecule has 0 radical (unpaired) electrons. The fourth-order valence-electron chi connectivity index (χ4n) is 0.515. The van der Waals surface area contributed by atoms with Gasteiger partial charge in [0.15, 0.2) is 6.19 Å². The number of nitrogens with two attached hydrogens (primary N) is 2. The highest BCUT2D eigenvalue weighted by molar-refractivity contribution is 8.93. The van der Waals surface area contributed by atoms with Crippen molar-refractivity contribution in [1.29, 1.82) is 5.26 Å². The molecule has 1 rings (SSSR count). The van der Waals surface area contributed by atoms with Crippen LogP contribution in [0.1, 0.15) is 0 Å². The minimum absolute atomic E-state index is 0. The second-order valence-corrected chi connectivity index (χ2v) is 1.61. The van der Waals surface area contributed by atoms with E-state index >= 15 is 0 Å². The van der Waals surface area contributed by atoms with E-state index in [9.17, 15) is 0 Å². The van der Waals surface area contributed by atoms with Gasteiger partial charge in [0.2, 0.25) is 17.8 Å². The van der Waals surface area contributed by atoms with Crippen molar-refractivity contribution >= 4 is 34.8 Å². The molecule has 1 aromatic heterocycles. The van der Waals surface area contributed by atoms with Crippen LogP contribution in [0, 0.1) is 11.5 Å². The van der Waals surface area contributed by atoms with Gasteiger partial charge in [-0.3, -0.25) is 5.32 Å². The summed E-state index contributed by atoms with van der Waals surface area (Å²) in [6.07, 6.45) is 1.62. The Morgan fingerprint density at radius 2 is 1.67 bits per heavy atom. The van der Waals surface area contributed by atoms with Crippen LogP contribution >= 0.6 is 17.0 Å². The quantitative estimate of drug-likeness (QED) is 0.440. The zero-order valence-corrected chi connectivity index (χ0v) is 7.56. The maximum atomic E-state index is 8.16. The molecular weight excluding hydrogens is 226 g/mol. The number of halogens is 1. The molecule has 0 atom stereocenters.